The van der Waals surface area contributed by atoms with E-state index in [2.05, 4.69) is 39.2 Å². The summed E-state index contributed by atoms with van der Waals surface area (Å²) in [6, 6.07) is 24.0. The van der Waals surface area contributed by atoms with Crippen molar-refractivity contribution in [2.45, 2.75) is 13.2 Å². The summed E-state index contributed by atoms with van der Waals surface area (Å²) in [7, 11) is 1.60. The van der Waals surface area contributed by atoms with E-state index in [0.29, 0.717) is 11.6 Å². The minimum absolute atomic E-state index is 0.216. The van der Waals surface area contributed by atoms with Crippen LogP contribution in [0.5, 0.6) is 5.75 Å². The summed E-state index contributed by atoms with van der Waals surface area (Å²) >= 11 is 3.50. The van der Waals surface area contributed by atoms with Gasteiger partial charge in [0.25, 0.3) is 0 Å². The van der Waals surface area contributed by atoms with Gasteiger partial charge in [0, 0.05) is 11.4 Å². The second-order valence-electron chi connectivity index (χ2n) is 7.32. The molecule has 0 saturated carbocycles. The normalized spacial score (nSPS) is 15.8. The lowest BCUT2D eigenvalue weighted by Gasteiger charge is -2.21. The number of benzene rings is 4. The van der Waals surface area contributed by atoms with Gasteiger partial charge in [-0.1, -0.05) is 64.5 Å². The lowest BCUT2D eigenvalue weighted by molar-refractivity contribution is -0.135. The van der Waals surface area contributed by atoms with Crippen molar-refractivity contribution in [1.82, 2.24) is 5.01 Å². The molecule has 1 aliphatic rings. The number of ether oxygens (including phenoxy) is 2. The molecule has 1 heterocycles. The molecule has 154 valence electrons. The summed E-state index contributed by atoms with van der Waals surface area (Å²) in [5, 5.41) is 10.2. The van der Waals surface area contributed by atoms with Crippen LogP contribution < -0.4 is 4.74 Å². The minimum Gasteiger partial charge on any atom is -0.496 e. The number of carbonyl (C=O) groups excluding carboxylic acids is 1. The topological polar surface area (TPSA) is 51.1 Å². The van der Waals surface area contributed by atoms with Gasteiger partial charge in [0.15, 0.2) is 0 Å². The molecule has 31 heavy (non-hydrogen) atoms. The van der Waals surface area contributed by atoms with Crippen molar-refractivity contribution in [2.24, 2.45) is 5.10 Å². The fourth-order valence-electron chi connectivity index (χ4n) is 4.01. The Morgan fingerprint density at radius 3 is 2.26 bits per heavy atom. The molecule has 0 spiro atoms. The van der Waals surface area contributed by atoms with Gasteiger partial charge in [-0.25, -0.2) is 0 Å². The summed E-state index contributed by atoms with van der Waals surface area (Å²) < 4.78 is 12.8. The van der Waals surface area contributed by atoms with Gasteiger partial charge in [0.2, 0.25) is 18.0 Å². The smallest absolute Gasteiger partial charge is 0.243 e. The molecule has 4 aromatic carbocycles. The number of halogens is 1. The third-order valence-electron chi connectivity index (χ3n) is 5.41. The van der Waals surface area contributed by atoms with Crippen molar-refractivity contribution in [1.29, 1.82) is 0 Å². The molecule has 0 bridgehead atoms. The highest BCUT2D eigenvalue weighted by Gasteiger charge is 2.36. The van der Waals surface area contributed by atoms with Crippen LogP contribution in [0, 0.1) is 0 Å². The molecule has 1 atom stereocenters. The maximum Gasteiger partial charge on any atom is 0.243 e. The zero-order valence-corrected chi connectivity index (χ0v) is 18.6. The monoisotopic (exact) mass is 474 g/mol. The number of hydrogen-bond donors (Lipinski definition) is 0. The van der Waals surface area contributed by atoms with E-state index < -0.39 is 6.23 Å². The first-order valence-corrected chi connectivity index (χ1v) is 10.7. The third kappa shape index (κ3) is 3.33. The standard InChI is InChI=1S/C25H19BrN2O3/c1-15(29)28-25(21-14-18(26)11-12-22(21)30-2)31-24(27-28)23-19-9-5-3-7-16(19)13-17-8-4-6-10-20(17)23/h3-14,25H,1-2H3/t25-/m1/s1. The summed E-state index contributed by atoms with van der Waals surface area (Å²) in [5.41, 5.74) is 1.59. The molecule has 1 amide bonds. The van der Waals surface area contributed by atoms with E-state index in [1.165, 1.54) is 11.9 Å². The number of hydrogen-bond acceptors (Lipinski definition) is 4. The first-order valence-electron chi connectivity index (χ1n) is 9.86. The van der Waals surface area contributed by atoms with Gasteiger partial charge in [-0.2, -0.15) is 5.01 Å². The van der Waals surface area contributed by atoms with E-state index in [-0.39, 0.29) is 5.91 Å². The Labute approximate surface area is 188 Å². The first-order chi connectivity index (χ1) is 15.1. The SMILES string of the molecule is COc1ccc(Br)cc1[C@H]1OC(c2c3ccccc3cc3ccccc23)=NN1C(C)=O. The van der Waals surface area contributed by atoms with Crippen LogP contribution in [0.3, 0.4) is 0 Å². The lowest BCUT2D eigenvalue weighted by atomic mass is 9.96. The molecule has 6 heteroatoms. The Hall–Kier alpha value is -3.38. The van der Waals surface area contributed by atoms with E-state index in [9.17, 15) is 4.79 Å². The van der Waals surface area contributed by atoms with E-state index >= 15 is 0 Å². The number of hydrazone groups is 1. The van der Waals surface area contributed by atoms with Crippen LogP contribution in [-0.2, 0) is 9.53 Å². The molecular formula is C25H19BrN2O3. The second kappa shape index (κ2) is 7.71. The number of rotatable bonds is 3. The zero-order chi connectivity index (χ0) is 21.5. The molecule has 0 N–H and O–H groups in total. The van der Waals surface area contributed by atoms with Crippen molar-refractivity contribution in [3.63, 3.8) is 0 Å². The van der Waals surface area contributed by atoms with Gasteiger partial charge in [-0.3, -0.25) is 4.79 Å². The molecule has 0 fully saturated rings. The molecule has 1 aliphatic heterocycles. The summed E-state index contributed by atoms with van der Waals surface area (Å²) in [6.07, 6.45) is -0.724. The number of fused-ring (bicyclic) bond motifs is 2. The van der Waals surface area contributed by atoms with Gasteiger partial charge < -0.3 is 9.47 Å². The lowest BCUT2D eigenvalue weighted by Crippen LogP contribution is -2.25. The van der Waals surface area contributed by atoms with Crippen LogP contribution in [0.2, 0.25) is 0 Å². The second-order valence-corrected chi connectivity index (χ2v) is 8.23. The molecule has 0 unspecified atom stereocenters. The number of nitrogens with zero attached hydrogens (tertiary/aromatic N) is 2. The number of methoxy groups -OCH3 is 1. The van der Waals surface area contributed by atoms with Crippen molar-refractivity contribution in [3.8, 4) is 5.75 Å². The average Bonchev–Trinajstić information content (AvgIpc) is 3.22. The molecule has 0 aromatic heterocycles. The van der Waals surface area contributed by atoms with Crippen molar-refractivity contribution in [2.75, 3.05) is 7.11 Å². The van der Waals surface area contributed by atoms with Crippen LogP contribution in [0.1, 0.15) is 24.3 Å². The van der Waals surface area contributed by atoms with Crippen molar-refractivity contribution in [3.05, 3.63) is 88.4 Å². The molecule has 5 rings (SSSR count). The number of amides is 1. The Balaban J connectivity index is 1.72. The Morgan fingerprint density at radius 1 is 1.00 bits per heavy atom. The maximum atomic E-state index is 12.5. The molecule has 5 nitrogen and oxygen atoms in total. The van der Waals surface area contributed by atoms with E-state index in [1.54, 1.807) is 7.11 Å². The quantitative estimate of drug-likeness (QED) is 0.342. The van der Waals surface area contributed by atoms with Crippen LogP contribution in [0.4, 0.5) is 0 Å². The highest BCUT2D eigenvalue weighted by Crippen LogP contribution is 2.39. The zero-order valence-electron chi connectivity index (χ0n) is 17.0. The summed E-state index contributed by atoms with van der Waals surface area (Å²) in [5.74, 6) is 0.820. The predicted octanol–water partition coefficient (Wildman–Crippen LogP) is 6.00. The Morgan fingerprint density at radius 2 is 1.65 bits per heavy atom. The third-order valence-corrected chi connectivity index (χ3v) is 5.90. The highest BCUT2D eigenvalue weighted by atomic mass is 79.9. The van der Waals surface area contributed by atoms with Gasteiger partial charge in [-0.15, -0.1) is 5.10 Å². The van der Waals surface area contributed by atoms with Gasteiger partial charge in [0.05, 0.1) is 18.2 Å². The Kier molecular flexibility index (Phi) is 4.87. The van der Waals surface area contributed by atoms with Gasteiger partial charge in [-0.05, 0) is 45.8 Å². The van der Waals surface area contributed by atoms with Crippen molar-refractivity contribution >= 4 is 49.3 Å². The Bertz CT molecular complexity index is 1310. The van der Waals surface area contributed by atoms with Crippen LogP contribution in [0.15, 0.2) is 82.4 Å². The van der Waals surface area contributed by atoms with E-state index in [0.717, 1.165) is 37.1 Å². The molecular weight excluding hydrogens is 456 g/mol. The average molecular weight is 475 g/mol. The maximum absolute atomic E-state index is 12.5. The van der Waals surface area contributed by atoms with Crippen LogP contribution in [0.25, 0.3) is 21.5 Å². The first kappa shape index (κ1) is 19.6. The molecule has 0 aliphatic carbocycles. The summed E-state index contributed by atoms with van der Waals surface area (Å²) in [6.45, 7) is 1.48. The fourth-order valence-corrected chi connectivity index (χ4v) is 4.39. The van der Waals surface area contributed by atoms with Gasteiger partial charge in [0.1, 0.15) is 5.75 Å². The van der Waals surface area contributed by atoms with Crippen LogP contribution >= 0.6 is 15.9 Å². The van der Waals surface area contributed by atoms with Gasteiger partial charge >= 0.3 is 0 Å². The molecule has 4 aromatic rings. The molecule has 0 radical (unpaired) electrons. The van der Waals surface area contributed by atoms with E-state index in [1.807, 2.05) is 54.6 Å². The number of carbonyl (C=O) groups is 1. The highest BCUT2D eigenvalue weighted by molar-refractivity contribution is 9.10. The minimum atomic E-state index is -0.724. The van der Waals surface area contributed by atoms with Crippen LogP contribution in [-0.4, -0.2) is 23.9 Å². The van der Waals surface area contributed by atoms with Crippen molar-refractivity contribution < 1.29 is 14.3 Å². The molecule has 0 saturated heterocycles. The largest absolute Gasteiger partial charge is 0.496 e. The fraction of sp³-hybridized carbons (Fsp3) is 0.120. The van der Waals surface area contributed by atoms with E-state index in [4.69, 9.17) is 9.47 Å². The summed E-state index contributed by atoms with van der Waals surface area (Å²) in [4.78, 5) is 12.5. The predicted molar refractivity (Wildman–Crippen MR) is 125 cm³/mol.